The van der Waals surface area contributed by atoms with Crippen molar-refractivity contribution in [3.8, 4) is 0 Å². The van der Waals surface area contributed by atoms with Crippen LogP contribution in [0.3, 0.4) is 0 Å². The second-order valence-corrected chi connectivity index (χ2v) is 11.8. The first-order chi connectivity index (χ1) is 18.5. The zero-order valence-corrected chi connectivity index (χ0v) is 22.9. The van der Waals surface area contributed by atoms with Crippen LogP contribution < -0.4 is 0 Å². The van der Waals surface area contributed by atoms with Crippen LogP contribution in [-0.2, 0) is 4.79 Å². The molecular weight excluding hydrogens is 466 g/mol. The predicted octanol–water partition coefficient (Wildman–Crippen LogP) is 7.73. The second kappa shape index (κ2) is 12.0. The predicted molar refractivity (Wildman–Crippen MR) is 157 cm³/mol. The number of aliphatic hydroxyl groups excluding tert-OH is 1. The number of aliphatic hydroxyl groups is 1. The topological polar surface area (TPSA) is 40.5 Å². The summed E-state index contributed by atoms with van der Waals surface area (Å²) in [5.41, 5.74) is 6.41. The van der Waals surface area contributed by atoms with Crippen LogP contribution in [0.1, 0.15) is 81.8 Å². The fraction of sp³-hybridized carbons (Fsp3) is 0.486. The maximum absolute atomic E-state index is 12.4. The van der Waals surface area contributed by atoms with Gasteiger partial charge >= 0.3 is 0 Å². The highest BCUT2D eigenvalue weighted by atomic mass is 16.3. The lowest BCUT2D eigenvalue weighted by Gasteiger charge is -2.37. The molecular formula is C35H44NO2. The number of benzene rings is 2. The van der Waals surface area contributed by atoms with Gasteiger partial charge in [-0.15, -0.1) is 0 Å². The van der Waals surface area contributed by atoms with Gasteiger partial charge in [0.25, 0.3) is 0 Å². The Labute approximate surface area is 229 Å². The van der Waals surface area contributed by atoms with E-state index in [2.05, 4.69) is 74.2 Å². The Morgan fingerprint density at radius 1 is 0.947 bits per heavy atom. The summed E-state index contributed by atoms with van der Waals surface area (Å²) in [6.45, 7) is 10.5. The molecule has 0 bridgehead atoms. The van der Waals surface area contributed by atoms with Crippen LogP contribution in [0.2, 0.25) is 0 Å². The Balaban J connectivity index is 1.25. The second-order valence-electron chi connectivity index (χ2n) is 11.8. The quantitative estimate of drug-likeness (QED) is 0.314. The molecule has 1 saturated carbocycles. The number of allylic oxidation sites excluding steroid dienone is 3. The molecule has 3 aliphatic rings. The van der Waals surface area contributed by atoms with Crippen LogP contribution in [-0.4, -0.2) is 35.1 Å². The third-order valence-electron chi connectivity index (χ3n) is 9.43. The van der Waals surface area contributed by atoms with Gasteiger partial charge in [-0.05, 0) is 80.1 Å². The monoisotopic (exact) mass is 510 g/mol. The fourth-order valence-corrected chi connectivity index (χ4v) is 7.47. The van der Waals surface area contributed by atoms with Crippen molar-refractivity contribution in [2.45, 2.75) is 76.7 Å². The Morgan fingerprint density at radius 3 is 2.34 bits per heavy atom. The summed E-state index contributed by atoms with van der Waals surface area (Å²) in [6.07, 6.45) is 10.9. The molecule has 4 atom stereocenters. The summed E-state index contributed by atoms with van der Waals surface area (Å²) >= 11 is 0. The first kappa shape index (κ1) is 26.9. The highest BCUT2D eigenvalue weighted by molar-refractivity contribution is 5.90. The van der Waals surface area contributed by atoms with E-state index >= 15 is 0 Å². The molecule has 0 aromatic heterocycles. The number of fused-ring (bicyclic) bond motifs is 1. The molecule has 2 aromatic carbocycles. The van der Waals surface area contributed by atoms with Gasteiger partial charge in [0.15, 0.2) is 0 Å². The van der Waals surface area contributed by atoms with Crippen LogP contribution in [0.25, 0.3) is 11.1 Å². The van der Waals surface area contributed by atoms with Gasteiger partial charge in [-0.3, -0.25) is 4.79 Å². The van der Waals surface area contributed by atoms with Crippen LogP contribution in [0.5, 0.6) is 0 Å². The normalized spacial score (nSPS) is 26.7. The largest absolute Gasteiger partial charge is 0.393 e. The molecule has 1 amide bonds. The molecule has 1 radical (unpaired) electrons. The van der Waals surface area contributed by atoms with Crippen molar-refractivity contribution in [2.75, 3.05) is 13.1 Å². The molecule has 3 heteroatoms. The molecule has 1 aliphatic heterocycles. The van der Waals surface area contributed by atoms with Gasteiger partial charge in [-0.2, -0.15) is 0 Å². The number of carbonyl (C=O) groups is 1. The summed E-state index contributed by atoms with van der Waals surface area (Å²) in [5, 5.41) is 11.1. The van der Waals surface area contributed by atoms with Gasteiger partial charge in [0.1, 0.15) is 0 Å². The maximum Gasteiger partial charge on any atom is 0.222 e. The third kappa shape index (κ3) is 5.41. The SMILES string of the molecule is [CH2][C@@H]1CCN(C(=O)CCCCCCCC2=C(c3ccccc3)C3(C(=C)c4ccccc4)CCC(O)C3C2)C1. The lowest BCUT2D eigenvalue weighted by atomic mass is 9.66. The van der Waals surface area contributed by atoms with Crippen LogP contribution in [0.4, 0.5) is 0 Å². The zero-order chi connectivity index (χ0) is 26.5. The number of likely N-dealkylation sites (tertiary alicyclic amines) is 1. The zero-order valence-electron chi connectivity index (χ0n) is 22.9. The van der Waals surface area contributed by atoms with E-state index in [1.54, 1.807) is 0 Å². The van der Waals surface area contributed by atoms with Crippen LogP contribution in [0.15, 0.2) is 72.8 Å². The summed E-state index contributed by atoms with van der Waals surface area (Å²) in [4.78, 5) is 14.4. The number of hydrogen-bond donors (Lipinski definition) is 1. The van der Waals surface area contributed by atoms with E-state index in [4.69, 9.17) is 0 Å². The summed E-state index contributed by atoms with van der Waals surface area (Å²) in [5.74, 6) is 0.929. The number of carbonyl (C=O) groups excluding carboxylic acids is 1. The Hall–Kier alpha value is -2.65. The van der Waals surface area contributed by atoms with Crippen molar-refractivity contribution < 1.29 is 9.90 Å². The highest BCUT2D eigenvalue weighted by Gasteiger charge is 2.56. The summed E-state index contributed by atoms with van der Waals surface area (Å²) in [6, 6.07) is 21.4. The molecule has 2 aliphatic carbocycles. The lowest BCUT2D eigenvalue weighted by molar-refractivity contribution is -0.130. The van der Waals surface area contributed by atoms with Gasteiger partial charge in [0, 0.05) is 30.8 Å². The van der Waals surface area contributed by atoms with Gasteiger partial charge in [-0.25, -0.2) is 0 Å². The minimum atomic E-state index is -0.279. The van der Waals surface area contributed by atoms with Crippen LogP contribution in [0, 0.1) is 24.2 Å². The third-order valence-corrected chi connectivity index (χ3v) is 9.43. The van der Waals surface area contributed by atoms with Gasteiger partial charge < -0.3 is 10.0 Å². The highest BCUT2D eigenvalue weighted by Crippen LogP contribution is 2.66. The van der Waals surface area contributed by atoms with E-state index in [-0.39, 0.29) is 17.4 Å². The van der Waals surface area contributed by atoms with Crippen molar-refractivity contribution in [1.82, 2.24) is 4.90 Å². The molecule has 2 aromatic rings. The minimum Gasteiger partial charge on any atom is -0.393 e. The fourth-order valence-electron chi connectivity index (χ4n) is 7.47. The minimum absolute atomic E-state index is 0.194. The van der Waals surface area contributed by atoms with Crippen molar-refractivity contribution in [2.24, 2.45) is 17.3 Å². The van der Waals surface area contributed by atoms with E-state index in [0.717, 1.165) is 64.5 Å². The molecule has 2 fully saturated rings. The summed E-state index contributed by atoms with van der Waals surface area (Å²) in [7, 11) is 0. The molecule has 1 saturated heterocycles. The number of unbranched alkanes of at least 4 members (excludes halogenated alkanes) is 4. The van der Waals surface area contributed by atoms with E-state index < -0.39 is 0 Å². The van der Waals surface area contributed by atoms with Gasteiger partial charge in [0.2, 0.25) is 5.91 Å². The average Bonchev–Trinajstić information content (AvgIpc) is 3.62. The number of nitrogens with zero attached hydrogens (tertiary/aromatic N) is 1. The Morgan fingerprint density at radius 2 is 1.63 bits per heavy atom. The van der Waals surface area contributed by atoms with E-state index in [1.807, 2.05) is 4.90 Å². The smallest absolute Gasteiger partial charge is 0.222 e. The van der Waals surface area contributed by atoms with Crippen molar-refractivity contribution in [1.29, 1.82) is 0 Å². The molecule has 1 N–H and O–H groups in total. The first-order valence-corrected chi connectivity index (χ1v) is 14.8. The van der Waals surface area contributed by atoms with Crippen LogP contribution >= 0.6 is 0 Å². The van der Waals surface area contributed by atoms with E-state index in [9.17, 15) is 9.90 Å². The molecule has 0 spiro atoms. The van der Waals surface area contributed by atoms with E-state index in [0.29, 0.717) is 18.2 Å². The van der Waals surface area contributed by atoms with Crippen molar-refractivity contribution in [3.63, 3.8) is 0 Å². The average molecular weight is 511 g/mol. The summed E-state index contributed by atoms with van der Waals surface area (Å²) < 4.78 is 0. The molecule has 201 valence electrons. The lowest BCUT2D eigenvalue weighted by Crippen LogP contribution is -2.29. The van der Waals surface area contributed by atoms with Crippen molar-refractivity contribution >= 4 is 17.1 Å². The molecule has 3 nitrogen and oxygen atoms in total. The number of rotatable bonds is 11. The first-order valence-electron chi connectivity index (χ1n) is 14.8. The Kier molecular flexibility index (Phi) is 8.53. The molecule has 38 heavy (non-hydrogen) atoms. The molecule has 1 heterocycles. The van der Waals surface area contributed by atoms with Gasteiger partial charge in [-0.1, -0.05) is 92.1 Å². The Bertz CT molecular complexity index is 1140. The standard InChI is InChI=1S/C35H44NO2/c1-26-21-23-36(25-26)33(38)19-13-5-3-4-8-18-30-24-31-32(37)20-22-35(31,27(2)28-14-9-6-10-15-28)34(30)29-16-11-7-12-17-29/h6-7,9-12,14-17,26,31-32,37H,1-5,8,13,18-25H2/t26-,31?,32?,35?/m1/s1. The maximum atomic E-state index is 12.4. The van der Waals surface area contributed by atoms with E-state index in [1.165, 1.54) is 40.7 Å². The van der Waals surface area contributed by atoms with Gasteiger partial charge in [0.05, 0.1) is 6.10 Å². The number of amides is 1. The van der Waals surface area contributed by atoms with Crippen molar-refractivity contribution in [3.05, 3.63) is 90.9 Å². The molecule has 3 unspecified atom stereocenters. The molecule has 5 rings (SSSR count). The number of hydrogen-bond acceptors (Lipinski definition) is 2.